The van der Waals surface area contributed by atoms with Crippen molar-refractivity contribution in [3.8, 4) is 16.9 Å². The first-order chi connectivity index (χ1) is 16.6. The summed E-state index contributed by atoms with van der Waals surface area (Å²) < 4.78 is 61.5. The number of nitrogens with one attached hydrogen (secondary N) is 1. The van der Waals surface area contributed by atoms with Crippen LogP contribution in [0, 0.1) is 0 Å². The predicted octanol–water partition coefficient (Wildman–Crippen LogP) is 4.57. The Kier molecular flexibility index (Phi) is 8.34. The quantitative estimate of drug-likeness (QED) is 0.362. The van der Waals surface area contributed by atoms with Crippen LogP contribution in [0.1, 0.15) is 0 Å². The first-order valence-corrected chi connectivity index (χ1v) is 13.6. The first-order valence-electron chi connectivity index (χ1n) is 10.3. The highest BCUT2D eigenvalue weighted by Gasteiger charge is 2.28. The van der Waals surface area contributed by atoms with Gasteiger partial charge in [0.05, 0.1) is 22.7 Å². The van der Waals surface area contributed by atoms with Crippen LogP contribution in [0.2, 0.25) is 5.02 Å². The van der Waals surface area contributed by atoms with Crippen LogP contribution in [0.3, 0.4) is 0 Å². The highest BCUT2D eigenvalue weighted by molar-refractivity contribution is 7.93. The molecule has 0 saturated heterocycles. The molecular weight excluding hydrogens is 510 g/mol. The highest BCUT2D eigenvalue weighted by atomic mass is 35.5. The largest absolute Gasteiger partial charge is 0.495 e. The van der Waals surface area contributed by atoms with Crippen LogP contribution in [-0.2, 0) is 20.0 Å². The van der Waals surface area contributed by atoms with Gasteiger partial charge in [0.2, 0.25) is 10.0 Å². The molecule has 2 aromatic carbocycles. The lowest BCUT2D eigenvalue weighted by Gasteiger charge is -2.21. The average Bonchev–Trinajstić information content (AvgIpc) is 2.84. The predicted molar refractivity (Wildman–Crippen MR) is 138 cm³/mol. The van der Waals surface area contributed by atoms with Crippen LogP contribution < -0.4 is 9.46 Å². The summed E-state index contributed by atoms with van der Waals surface area (Å²) in [6.07, 6.45) is 5.26. The molecular formula is C24H24ClN3O5S2. The van der Waals surface area contributed by atoms with Crippen LogP contribution in [0.25, 0.3) is 11.1 Å². The van der Waals surface area contributed by atoms with E-state index in [2.05, 4.69) is 22.9 Å². The fourth-order valence-electron chi connectivity index (χ4n) is 3.26. The smallest absolute Gasteiger partial charge is 0.261 e. The molecule has 0 aliphatic carbocycles. The fourth-order valence-corrected chi connectivity index (χ4v) is 6.18. The number of aromatic nitrogens is 1. The number of benzene rings is 2. The zero-order valence-corrected chi connectivity index (χ0v) is 21.3. The Morgan fingerprint density at radius 3 is 2.34 bits per heavy atom. The van der Waals surface area contributed by atoms with Crippen molar-refractivity contribution in [3.05, 3.63) is 91.3 Å². The molecule has 1 aromatic heterocycles. The Hall–Kier alpha value is -3.18. The first kappa shape index (κ1) is 26.4. The molecule has 0 amide bonds. The third kappa shape index (κ3) is 5.91. The normalized spacial score (nSPS) is 11.7. The van der Waals surface area contributed by atoms with Crippen molar-refractivity contribution in [1.29, 1.82) is 0 Å². The summed E-state index contributed by atoms with van der Waals surface area (Å²) in [6.45, 7) is 7.19. The number of anilines is 1. The molecule has 0 radical (unpaired) electrons. The molecule has 8 nitrogen and oxygen atoms in total. The van der Waals surface area contributed by atoms with E-state index in [-0.39, 0.29) is 28.6 Å². The van der Waals surface area contributed by atoms with Crippen LogP contribution in [0.15, 0.2) is 96.0 Å². The number of methoxy groups -OCH3 is 1. The molecule has 1 N–H and O–H groups in total. The Morgan fingerprint density at radius 1 is 1.03 bits per heavy atom. The number of rotatable bonds is 11. The van der Waals surface area contributed by atoms with Gasteiger partial charge in [-0.3, -0.25) is 9.71 Å². The van der Waals surface area contributed by atoms with Gasteiger partial charge in [-0.25, -0.2) is 16.8 Å². The highest BCUT2D eigenvalue weighted by Crippen LogP contribution is 2.32. The third-order valence-electron chi connectivity index (χ3n) is 4.94. The van der Waals surface area contributed by atoms with E-state index < -0.39 is 20.0 Å². The monoisotopic (exact) mass is 533 g/mol. The Balaban J connectivity index is 1.99. The minimum Gasteiger partial charge on any atom is -0.495 e. The van der Waals surface area contributed by atoms with Crippen LogP contribution in [0.4, 0.5) is 5.69 Å². The summed E-state index contributed by atoms with van der Waals surface area (Å²) in [5.41, 5.74) is 1.16. The van der Waals surface area contributed by atoms with Gasteiger partial charge in [-0.1, -0.05) is 42.0 Å². The molecule has 3 aromatic rings. The molecule has 184 valence electrons. The molecule has 0 bridgehead atoms. The zero-order chi connectivity index (χ0) is 25.6. The minimum absolute atomic E-state index is 0.0158. The fraction of sp³-hybridized carbons (Fsp3) is 0.125. The van der Waals surface area contributed by atoms with E-state index in [4.69, 9.17) is 16.3 Å². The van der Waals surface area contributed by atoms with Gasteiger partial charge in [-0.2, -0.15) is 4.31 Å². The molecule has 0 aliphatic rings. The van der Waals surface area contributed by atoms with Crippen molar-refractivity contribution in [2.45, 2.75) is 9.79 Å². The van der Waals surface area contributed by atoms with Gasteiger partial charge in [-0.15, -0.1) is 13.2 Å². The van der Waals surface area contributed by atoms with Crippen LogP contribution >= 0.6 is 11.6 Å². The summed E-state index contributed by atoms with van der Waals surface area (Å²) in [6, 6.07) is 12.6. The van der Waals surface area contributed by atoms with Crippen molar-refractivity contribution in [2.24, 2.45) is 0 Å². The number of sulfonamides is 2. The van der Waals surface area contributed by atoms with E-state index in [1.54, 1.807) is 30.3 Å². The zero-order valence-electron chi connectivity index (χ0n) is 18.9. The Labute approximate surface area is 210 Å². The maximum Gasteiger partial charge on any atom is 0.261 e. The van der Waals surface area contributed by atoms with Crippen molar-refractivity contribution < 1.29 is 21.6 Å². The molecule has 35 heavy (non-hydrogen) atoms. The van der Waals surface area contributed by atoms with Gasteiger partial charge in [0.15, 0.2) is 0 Å². The summed E-state index contributed by atoms with van der Waals surface area (Å²) >= 11 is 6.21. The van der Waals surface area contributed by atoms with Gasteiger partial charge in [-0.05, 0) is 41.5 Å². The Morgan fingerprint density at radius 2 is 1.71 bits per heavy atom. The van der Waals surface area contributed by atoms with E-state index in [0.29, 0.717) is 21.9 Å². The number of halogens is 1. The molecule has 0 saturated carbocycles. The summed E-state index contributed by atoms with van der Waals surface area (Å²) in [5.74, 6) is 0.495. The second kappa shape index (κ2) is 11.0. The van der Waals surface area contributed by atoms with E-state index in [9.17, 15) is 16.8 Å². The number of nitrogens with zero attached hydrogens (tertiary/aromatic N) is 2. The maximum atomic E-state index is 13.2. The molecule has 11 heteroatoms. The summed E-state index contributed by atoms with van der Waals surface area (Å²) in [7, 11) is -6.76. The molecule has 0 aliphatic heterocycles. The number of pyridine rings is 1. The standard InChI is InChI=1S/C24H24ClN3O5S2/c1-4-13-28(14-5-2)35(31,32)24-17-26-12-11-22(24)27-34(29,30)20-8-6-7-18(15-20)19-9-10-23(33-3)21(25)16-19/h4-12,15-17H,1-2,13-14H2,3H3,(H,26,27). The van der Waals surface area contributed by atoms with Gasteiger partial charge >= 0.3 is 0 Å². The SMILES string of the molecule is C=CCN(CC=C)S(=O)(=O)c1cnccc1NS(=O)(=O)c1cccc(-c2ccc(OC)c(Cl)c2)c1. The lowest BCUT2D eigenvalue weighted by Crippen LogP contribution is -2.32. The summed E-state index contributed by atoms with van der Waals surface area (Å²) in [4.78, 5) is 3.53. The number of ether oxygens (including phenoxy) is 1. The molecule has 0 fully saturated rings. The van der Waals surface area contributed by atoms with Gasteiger partial charge < -0.3 is 4.74 Å². The minimum atomic E-state index is -4.16. The maximum absolute atomic E-state index is 13.2. The average molecular weight is 534 g/mol. The van der Waals surface area contributed by atoms with E-state index in [0.717, 1.165) is 10.5 Å². The van der Waals surface area contributed by atoms with Crippen LogP contribution in [0.5, 0.6) is 5.75 Å². The number of hydrogen-bond donors (Lipinski definition) is 1. The molecule has 3 rings (SSSR count). The number of hydrogen-bond acceptors (Lipinski definition) is 6. The molecule has 0 spiro atoms. The van der Waals surface area contributed by atoms with Crippen LogP contribution in [-0.4, -0.2) is 46.3 Å². The molecule has 0 atom stereocenters. The molecule has 0 unspecified atom stereocenters. The van der Waals surface area contributed by atoms with E-state index >= 15 is 0 Å². The van der Waals surface area contributed by atoms with E-state index in [1.807, 2.05) is 0 Å². The second-order valence-corrected chi connectivity index (χ2v) is 11.2. The second-order valence-electron chi connectivity index (χ2n) is 7.25. The van der Waals surface area contributed by atoms with Crippen molar-refractivity contribution in [2.75, 3.05) is 24.9 Å². The van der Waals surface area contributed by atoms with Gasteiger partial charge in [0, 0.05) is 25.5 Å². The third-order valence-corrected chi connectivity index (χ3v) is 8.46. The van der Waals surface area contributed by atoms with Crippen molar-refractivity contribution >= 4 is 37.3 Å². The van der Waals surface area contributed by atoms with Crippen molar-refractivity contribution in [3.63, 3.8) is 0 Å². The lowest BCUT2D eigenvalue weighted by atomic mass is 10.1. The summed E-state index contributed by atoms with van der Waals surface area (Å²) in [5, 5.41) is 0.381. The van der Waals surface area contributed by atoms with Crippen molar-refractivity contribution in [1.82, 2.24) is 9.29 Å². The Bertz CT molecular complexity index is 1450. The lowest BCUT2D eigenvalue weighted by molar-refractivity contribution is 0.415. The molecule has 1 heterocycles. The van der Waals surface area contributed by atoms with Gasteiger partial charge in [0.1, 0.15) is 10.6 Å². The van der Waals surface area contributed by atoms with Gasteiger partial charge in [0.25, 0.3) is 10.0 Å². The van der Waals surface area contributed by atoms with E-state index in [1.165, 1.54) is 43.7 Å². The topological polar surface area (TPSA) is 106 Å².